The highest BCUT2D eigenvalue weighted by Crippen LogP contribution is 2.24. The van der Waals surface area contributed by atoms with Crippen LogP contribution in [-0.4, -0.2) is 30.7 Å². The normalized spacial score (nSPS) is 12.4. The Bertz CT molecular complexity index is 668. The van der Waals surface area contributed by atoms with Crippen molar-refractivity contribution in [2.75, 3.05) is 0 Å². The SMILES string of the molecule is OC(CCc1sccc1Cc1ccncc1)c1nn[nH]n1. The third-order valence-corrected chi connectivity index (χ3v) is 4.31. The lowest BCUT2D eigenvalue weighted by Crippen LogP contribution is -2.02. The summed E-state index contributed by atoms with van der Waals surface area (Å²) in [4.78, 5) is 5.32. The highest BCUT2D eigenvalue weighted by Gasteiger charge is 2.14. The second-order valence-electron chi connectivity index (χ2n) is 4.73. The highest BCUT2D eigenvalue weighted by molar-refractivity contribution is 7.10. The van der Waals surface area contributed by atoms with E-state index >= 15 is 0 Å². The average Bonchev–Trinajstić information content (AvgIpc) is 3.18. The summed E-state index contributed by atoms with van der Waals surface area (Å²) in [6, 6.07) is 6.19. The van der Waals surface area contributed by atoms with Crippen LogP contribution in [-0.2, 0) is 12.8 Å². The first-order chi connectivity index (χ1) is 10.3. The molecule has 0 amide bonds. The smallest absolute Gasteiger partial charge is 0.202 e. The van der Waals surface area contributed by atoms with Crippen LogP contribution in [0.3, 0.4) is 0 Å². The van der Waals surface area contributed by atoms with Crippen LogP contribution in [0.4, 0.5) is 0 Å². The van der Waals surface area contributed by atoms with E-state index in [2.05, 4.69) is 37.1 Å². The molecule has 3 aromatic rings. The molecule has 1 atom stereocenters. The summed E-state index contributed by atoms with van der Waals surface area (Å²) in [5.74, 6) is 0.349. The molecule has 3 rings (SSSR count). The zero-order valence-electron chi connectivity index (χ0n) is 11.3. The van der Waals surface area contributed by atoms with Crippen LogP contribution >= 0.6 is 11.3 Å². The molecular formula is C14H15N5OS. The van der Waals surface area contributed by atoms with Crippen LogP contribution in [0.25, 0.3) is 0 Å². The van der Waals surface area contributed by atoms with Gasteiger partial charge in [0.25, 0.3) is 0 Å². The van der Waals surface area contributed by atoms with Crippen molar-refractivity contribution in [3.05, 3.63) is 57.8 Å². The monoisotopic (exact) mass is 301 g/mol. The number of rotatable bonds is 6. The van der Waals surface area contributed by atoms with E-state index in [-0.39, 0.29) is 0 Å². The fraction of sp³-hybridized carbons (Fsp3) is 0.286. The molecule has 0 saturated carbocycles. The topological polar surface area (TPSA) is 87.6 Å². The van der Waals surface area contributed by atoms with Crippen LogP contribution in [0.2, 0.25) is 0 Å². The summed E-state index contributed by atoms with van der Waals surface area (Å²) in [5, 5.41) is 25.5. The number of tetrazole rings is 1. The molecule has 6 nitrogen and oxygen atoms in total. The molecule has 0 aliphatic carbocycles. The highest BCUT2D eigenvalue weighted by atomic mass is 32.1. The van der Waals surface area contributed by atoms with Crippen LogP contribution in [0.5, 0.6) is 0 Å². The van der Waals surface area contributed by atoms with Crippen LogP contribution in [0.15, 0.2) is 36.0 Å². The Morgan fingerprint density at radius 3 is 2.86 bits per heavy atom. The molecule has 3 aromatic heterocycles. The Labute approximate surface area is 125 Å². The van der Waals surface area contributed by atoms with E-state index in [1.807, 2.05) is 12.1 Å². The van der Waals surface area contributed by atoms with E-state index in [1.165, 1.54) is 16.0 Å². The molecule has 0 fully saturated rings. The van der Waals surface area contributed by atoms with Crippen molar-refractivity contribution in [3.63, 3.8) is 0 Å². The molecular weight excluding hydrogens is 286 g/mol. The van der Waals surface area contributed by atoms with E-state index in [1.54, 1.807) is 23.7 Å². The fourth-order valence-electron chi connectivity index (χ4n) is 2.17. The Morgan fingerprint density at radius 1 is 1.24 bits per heavy atom. The van der Waals surface area contributed by atoms with Gasteiger partial charge in [0.05, 0.1) is 0 Å². The number of nitrogens with one attached hydrogen (secondary N) is 1. The molecule has 3 heterocycles. The van der Waals surface area contributed by atoms with Gasteiger partial charge in [0.2, 0.25) is 5.82 Å². The molecule has 7 heteroatoms. The zero-order valence-corrected chi connectivity index (χ0v) is 12.1. The van der Waals surface area contributed by atoms with Crippen molar-refractivity contribution in [2.24, 2.45) is 0 Å². The van der Waals surface area contributed by atoms with Crippen molar-refractivity contribution in [2.45, 2.75) is 25.4 Å². The van der Waals surface area contributed by atoms with Gasteiger partial charge in [-0.1, -0.05) is 5.21 Å². The first-order valence-electron chi connectivity index (χ1n) is 6.68. The molecule has 0 bridgehead atoms. The molecule has 0 spiro atoms. The number of pyridine rings is 1. The Balaban J connectivity index is 1.63. The fourth-order valence-corrected chi connectivity index (χ4v) is 3.10. The van der Waals surface area contributed by atoms with Crippen molar-refractivity contribution in [1.29, 1.82) is 0 Å². The number of hydrogen-bond acceptors (Lipinski definition) is 6. The largest absolute Gasteiger partial charge is 0.385 e. The number of H-pyrrole nitrogens is 1. The number of nitrogens with zero attached hydrogens (tertiary/aromatic N) is 4. The molecule has 0 saturated heterocycles. The minimum Gasteiger partial charge on any atom is -0.385 e. The van der Waals surface area contributed by atoms with Gasteiger partial charge in [-0.15, -0.1) is 21.5 Å². The standard InChI is InChI=1S/C14H15N5OS/c20-12(14-16-18-19-17-14)1-2-13-11(5-8-21-13)9-10-3-6-15-7-4-10/h3-8,12,20H,1-2,9H2,(H,16,17,18,19). The second-order valence-corrected chi connectivity index (χ2v) is 5.73. The van der Waals surface area contributed by atoms with Gasteiger partial charge in [-0.2, -0.15) is 5.21 Å². The number of aliphatic hydroxyl groups is 1. The van der Waals surface area contributed by atoms with Gasteiger partial charge in [0.1, 0.15) is 6.10 Å². The van der Waals surface area contributed by atoms with Gasteiger partial charge in [-0.3, -0.25) is 4.98 Å². The maximum Gasteiger partial charge on any atom is 0.202 e. The molecule has 1 unspecified atom stereocenters. The Hall–Kier alpha value is -2.12. The minimum absolute atomic E-state index is 0.349. The molecule has 0 radical (unpaired) electrons. The number of aromatic nitrogens is 5. The lowest BCUT2D eigenvalue weighted by Gasteiger charge is -2.07. The second kappa shape index (κ2) is 6.55. The maximum atomic E-state index is 10.0. The third-order valence-electron chi connectivity index (χ3n) is 3.29. The Kier molecular flexibility index (Phi) is 4.32. The van der Waals surface area contributed by atoms with E-state index in [9.17, 15) is 5.11 Å². The van der Waals surface area contributed by atoms with Gasteiger partial charge >= 0.3 is 0 Å². The summed E-state index contributed by atoms with van der Waals surface area (Å²) >= 11 is 1.72. The summed E-state index contributed by atoms with van der Waals surface area (Å²) in [5.41, 5.74) is 2.54. The van der Waals surface area contributed by atoms with Crippen molar-refractivity contribution in [3.8, 4) is 0 Å². The quantitative estimate of drug-likeness (QED) is 0.726. The Morgan fingerprint density at radius 2 is 2.10 bits per heavy atom. The number of thiophene rings is 1. The first kappa shape index (κ1) is 13.8. The molecule has 2 N–H and O–H groups in total. The van der Waals surface area contributed by atoms with Crippen molar-refractivity contribution in [1.82, 2.24) is 25.6 Å². The predicted octanol–water partition coefficient (Wildman–Crippen LogP) is 1.91. The van der Waals surface area contributed by atoms with Gasteiger partial charge < -0.3 is 5.11 Å². The maximum absolute atomic E-state index is 10.0. The molecule has 108 valence electrons. The van der Waals surface area contributed by atoms with Crippen molar-refractivity contribution < 1.29 is 5.11 Å². The number of aliphatic hydroxyl groups excluding tert-OH is 1. The van der Waals surface area contributed by atoms with Crippen LogP contribution < -0.4 is 0 Å². The van der Waals surface area contributed by atoms with E-state index in [0.29, 0.717) is 12.2 Å². The van der Waals surface area contributed by atoms with Crippen LogP contribution in [0, 0.1) is 0 Å². The summed E-state index contributed by atoms with van der Waals surface area (Å²) in [6.07, 6.45) is 5.21. The van der Waals surface area contributed by atoms with Crippen molar-refractivity contribution >= 4 is 11.3 Å². The third kappa shape index (κ3) is 3.50. The molecule has 21 heavy (non-hydrogen) atoms. The predicted molar refractivity (Wildman–Crippen MR) is 78.8 cm³/mol. The van der Waals surface area contributed by atoms with E-state index < -0.39 is 6.10 Å². The molecule has 0 aliphatic rings. The number of hydrogen-bond donors (Lipinski definition) is 2. The van der Waals surface area contributed by atoms with E-state index in [4.69, 9.17) is 0 Å². The molecule has 0 aliphatic heterocycles. The lowest BCUT2D eigenvalue weighted by molar-refractivity contribution is 0.158. The molecule has 0 aromatic carbocycles. The number of aromatic amines is 1. The van der Waals surface area contributed by atoms with Crippen LogP contribution in [0.1, 0.15) is 34.4 Å². The van der Waals surface area contributed by atoms with Gasteiger partial charge in [-0.05, 0) is 54.0 Å². The summed E-state index contributed by atoms with van der Waals surface area (Å²) in [6.45, 7) is 0. The summed E-state index contributed by atoms with van der Waals surface area (Å²) in [7, 11) is 0. The first-order valence-corrected chi connectivity index (χ1v) is 7.56. The van der Waals surface area contributed by atoms with Gasteiger partial charge in [0, 0.05) is 17.3 Å². The lowest BCUT2D eigenvalue weighted by atomic mass is 10.0. The van der Waals surface area contributed by atoms with Gasteiger partial charge in [0.15, 0.2) is 0 Å². The minimum atomic E-state index is -0.681. The summed E-state index contributed by atoms with van der Waals surface area (Å²) < 4.78 is 0. The number of aryl methyl sites for hydroxylation is 1. The van der Waals surface area contributed by atoms with Gasteiger partial charge in [-0.25, -0.2) is 0 Å². The van der Waals surface area contributed by atoms with E-state index in [0.717, 1.165) is 12.8 Å². The zero-order chi connectivity index (χ0) is 14.5. The average molecular weight is 301 g/mol.